The van der Waals surface area contributed by atoms with E-state index >= 15 is 0 Å². The molecule has 0 saturated carbocycles. The molecule has 0 spiro atoms. The van der Waals surface area contributed by atoms with Crippen LogP contribution in [-0.2, 0) is 19.6 Å². The van der Waals surface area contributed by atoms with Gasteiger partial charge in [0.1, 0.15) is 0 Å². The van der Waals surface area contributed by atoms with Crippen LogP contribution in [0.3, 0.4) is 0 Å². The van der Waals surface area contributed by atoms with Gasteiger partial charge in [0.15, 0.2) is 0 Å². The van der Waals surface area contributed by atoms with E-state index in [9.17, 15) is 13.2 Å². The number of carbonyl (C=O) groups excluding carboxylic acids is 1. The minimum absolute atomic E-state index is 0.0981. The van der Waals surface area contributed by atoms with Gasteiger partial charge in [0.05, 0.1) is 35.7 Å². The van der Waals surface area contributed by atoms with E-state index in [1.165, 1.54) is 34.6 Å². The summed E-state index contributed by atoms with van der Waals surface area (Å²) in [6.07, 6.45) is 0. The summed E-state index contributed by atoms with van der Waals surface area (Å²) in [5, 5.41) is 3.48. The molecule has 0 amide bonds. The highest BCUT2D eigenvalue weighted by Crippen LogP contribution is 2.48. The molecule has 0 N–H and O–H groups in total. The van der Waals surface area contributed by atoms with Crippen molar-refractivity contribution in [3.05, 3.63) is 101 Å². The molecule has 200 valence electrons. The maximum Gasteiger partial charge on any atom is 0.312 e. The van der Waals surface area contributed by atoms with Gasteiger partial charge in [0, 0.05) is 45.9 Å². The molecular formula is C30H22ClN3O4S2. The molecule has 5 aromatic rings. The van der Waals surface area contributed by atoms with Gasteiger partial charge in [0.2, 0.25) is 5.00 Å². The van der Waals surface area contributed by atoms with Crippen molar-refractivity contribution in [1.82, 2.24) is 3.97 Å². The largest absolute Gasteiger partial charge is 0.469 e. The average molecular weight is 588 g/mol. The quantitative estimate of drug-likeness (QED) is 0.157. The Labute approximate surface area is 240 Å². The van der Waals surface area contributed by atoms with Gasteiger partial charge in [-0.1, -0.05) is 48.0 Å². The molecule has 0 aliphatic carbocycles. The summed E-state index contributed by atoms with van der Waals surface area (Å²) < 4.78 is 34.9. The minimum Gasteiger partial charge on any atom is -0.469 e. The van der Waals surface area contributed by atoms with Gasteiger partial charge in [-0.3, -0.25) is 4.79 Å². The highest BCUT2D eigenvalue weighted by atomic mass is 35.5. The highest BCUT2D eigenvalue weighted by molar-refractivity contribution is 7.90. The van der Waals surface area contributed by atoms with Crippen LogP contribution in [0, 0.1) is 12.5 Å². The van der Waals surface area contributed by atoms with E-state index in [-0.39, 0.29) is 16.8 Å². The van der Waals surface area contributed by atoms with Crippen molar-refractivity contribution in [3.8, 4) is 22.4 Å². The number of rotatable bonds is 6. The Morgan fingerprint density at radius 1 is 1.05 bits per heavy atom. The molecule has 1 aliphatic heterocycles. The SMILES string of the molecule is [C-]#[N+]c1sccc1-c1c(-c2cccc(N3CC(C(=O)OC)C3)c2)n(S(=O)(=O)c2ccc(Cl)cc2)c2ccccc12. The summed E-state index contributed by atoms with van der Waals surface area (Å²) in [7, 11) is -2.71. The second-order valence-electron chi connectivity index (χ2n) is 9.39. The van der Waals surface area contributed by atoms with Crippen molar-refractivity contribution in [3.63, 3.8) is 0 Å². The molecule has 0 bridgehead atoms. The molecule has 2 aromatic heterocycles. The smallest absolute Gasteiger partial charge is 0.312 e. The number of fused-ring (bicyclic) bond motifs is 1. The van der Waals surface area contributed by atoms with Crippen LogP contribution < -0.4 is 4.90 Å². The molecule has 40 heavy (non-hydrogen) atoms. The predicted molar refractivity (Wildman–Crippen MR) is 159 cm³/mol. The Kier molecular flexibility index (Phi) is 6.62. The molecule has 3 aromatic carbocycles. The molecule has 1 saturated heterocycles. The van der Waals surface area contributed by atoms with Gasteiger partial charge >= 0.3 is 5.97 Å². The summed E-state index contributed by atoms with van der Waals surface area (Å²) in [5.74, 6) is -0.444. The Hall–Kier alpha value is -4.10. The lowest BCUT2D eigenvalue weighted by Gasteiger charge is -2.39. The fraction of sp³-hybridized carbons (Fsp3) is 0.133. The number of thiophene rings is 1. The summed E-state index contributed by atoms with van der Waals surface area (Å²) >= 11 is 7.40. The van der Waals surface area contributed by atoms with E-state index in [0.717, 1.165) is 11.1 Å². The molecule has 3 heterocycles. The van der Waals surface area contributed by atoms with Gasteiger partial charge in [-0.15, -0.1) is 0 Å². The Morgan fingerprint density at radius 2 is 1.80 bits per heavy atom. The van der Waals surface area contributed by atoms with E-state index in [4.69, 9.17) is 22.9 Å². The van der Waals surface area contributed by atoms with Crippen LogP contribution >= 0.6 is 22.9 Å². The standard InChI is InChI=1S/C30H22ClN3O4S2/c1-32-29-25(14-15-39-29)27-24-8-3-4-9-26(24)34(40(36,37)23-12-10-21(31)11-13-23)28(27)19-6-5-7-22(16-19)33-17-20(18-33)30(35)38-2/h3-16,20H,17-18H2,2H3. The normalized spacial score (nSPS) is 13.7. The van der Waals surface area contributed by atoms with Crippen molar-refractivity contribution in [1.29, 1.82) is 0 Å². The summed E-state index contributed by atoms with van der Waals surface area (Å²) in [6.45, 7) is 8.79. The maximum atomic E-state index is 14.3. The van der Waals surface area contributed by atoms with E-state index in [1.807, 2.05) is 47.8 Å². The predicted octanol–water partition coefficient (Wildman–Crippen LogP) is 7.09. The second-order valence-corrected chi connectivity index (χ2v) is 12.5. The fourth-order valence-electron chi connectivity index (χ4n) is 5.14. The number of ether oxygens (including phenoxy) is 1. The zero-order valence-electron chi connectivity index (χ0n) is 21.2. The minimum atomic E-state index is -4.09. The number of carbonyl (C=O) groups is 1. The van der Waals surface area contributed by atoms with Gasteiger partial charge < -0.3 is 9.64 Å². The number of hydrogen-bond donors (Lipinski definition) is 0. The monoisotopic (exact) mass is 587 g/mol. The van der Waals surface area contributed by atoms with Crippen molar-refractivity contribution < 1.29 is 17.9 Å². The second kappa shape index (κ2) is 10.1. The van der Waals surface area contributed by atoms with E-state index in [2.05, 4.69) is 9.74 Å². The number of hydrogen-bond acceptors (Lipinski definition) is 6. The first kappa shape index (κ1) is 26.1. The van der Waals surface area contributed by atoms with Crippen molar-refractivity contribution in [2.75, 3.05) is 25.1 Å². The third kappa shape index (κ3) is 4.25. The number of nitrogens with zero attached hydrogens (tertiary/aromatic N) is 3. The van der Waals surface area contributed by atoms with Crippen LogP contribution in [0.5, 0.6) is 0 Å². The van der Waals surface area contributed by atoms with Gasteiger partial charge in [-0.25, -0.2) is 17.2 Å². The van der Waals surface area contributed by atoms with Crippen LogP contribution in [0.25, 0.3) is 38.1 Å². The molecular weight excluding hydrogens is 566 g/mol. The first-order valence-corrected chi connectivity index (χ1v) is 15.1. The molecule has 6 rings (SSSR count). The number of aromatic nitrogens is 1. The zero-order chi connectivity index (χ0) is 28.0. The third-order valence-corrected chi connectivity index (χ3v) is 9.89. The topological polar surface area (TPSA) is 73.0 Å². The van der Waals surface area contributed by atoms with Crippen LogP contribution in [0.1, 0.15) is 0 Å². The Balaban J connectivity index is 1.62. The average Bonchev–Trinajstić information content (AvgIpc) is 3.55. The fourth-order valence-corrected chi connectivity index (χ4v) is 7.50. The Bertz CT molecular complexity index is 1910. The molecule has 0 radical (unpaired) electrons. The van der Waals surface area contributed by atoms with Crippen LogP contribution in [0.2, 0.25) is 5.02 Å². The Morgan fingerprint density at radius 3 is 2.52 bits per heavy atom. The summed E-state index contributed by atoms with van der Waals surface area (Å²) in [6, 6.07) is 22.9. The number of benzene rings is 3. The third-order valence-electron chi connectivity index (χ3n) is 7.10. The molecule has 0 atom stereocenters. The lowest BCUT2D eigenvalue weighted by atomic mass is 9.97. The van der Waals surface area contributed by atoms with Crippen LogP contribution in [0.4, 0.5) is 10.7 Å². The lowest BCUT2D eigenvalue weighted by Crippen LogP contribution is -2.50. The molecule has 0 unspecified atom stereocenters. The molecule has 7 nitrogen and oxygen atoms in total. The maximum absolute atomic E-state index is 14.3. The van der Waals surface area contributed by atoms with Gasteiger partial charge in [0.25, 0.3) is 10.0 Å². The summed E-state index contributed by atoms with van der Waals surface area (Å²) in [4.78, 5) is 17.8. The first-order chi connectivity index (χ1) is 19.3. The van der Waals surface area contributed by atoms with Crippen molar-refractivity contribution >= 4 is 60.5 Å². The van der Waals surface area contributed by atoms with Gasteiger partial charge in [-0.2, -0.15) is 11.3 Å². The number of para-hydroxylation sites is 1. The highest BCUT2D eigenvalue weighted by Gasteiger charge is 2.34. The lowest BCUT2D eigenvalue weighted by molar-refractivity contribution is -0.146. The first-order valence-electron chi connectivity index (χ1n) is 12.4. The molecule has 10 heteroatoms. The number of halogens is 1. The number of methoxy groups -OCH3 is 1. The van der Waals surface area contributed by atoms with Gasteiger partial charge in [-0.05, 0) is 47.8 Å². The summed E-state index contributed by atoms with van der Waals surface area (Å²) in [5.41, 5.74) is 3.85. The molecule has 1 aliphatic rings. The van der Waals surface area contributed by atoms with Crippen LogP contribution in [0.15, 0.2) is 89.1 Å². The van der Waals surface area contributed by atoms with Crippen molar-refractivity contribution in [2.45, 2.75) is 4.90 Å². The van der Waals surface area contributed by atoms with Crippen LogP contribution in [-0.4, -0.2) is 38.6 Å². The van der Waals surface area contributed by atoms with E-state index in [1.54, 1.807) is 24.3 Å². The zero-order valence-corrected chi connectivity index (χ0v) is 23.6. The number of esters is 1. The van der Waals surface area contributed by atoms with E-state index < -0.39 is 10.0 Å². The molecule has 1 fully saturated rings. The van der Waals surface area contributed by atoms with E-state index in [0.29, 0.717) is 51.0 Å². The van der Waals surface area contributed by atoms with Crippen molar-refractivity contribution in [2.24, 2.45) is 5.92 Å². The number of anilines is 1.